The number of nitrogens with one attached hydrogen (secondary N) is 5. The SMILES string of the molecule is Cc1cc(=O)oc2cc(NC(=O)C(CCCCN)NC(=O)C(CCC(=O)O)NC(=O)C(Cc3cnc[nH]3)NC(=O)OCc3ccccc3)ccc12. The van der Waals surface area contributed by atoms with Crippen molar-refractivity contribution in [3.63, 3.8) is 0 Å². The summed E-state index contributed by atoms with van der Waals surface area (Å²) in [4.78, 5) is 83.7. The number of aryl methyl sites for hydroxylation is 1. The smallest absolute Gasteiger partial charge is 0.408 e. The van der Waals surface area contributed by atoms with Gasteiger partial charge in [-0.15, -0.1) is 0 Å². The molecule has 270 valence electrons. The monoisotopic (exact) mass is 703 g/mol. The number of alkyl carbamates (subject to hydrolysis) is 1. The first kappa shape index (κ1) is 37.8. The molecule has 4 aromatic rings. The van der Waals surface area contributed by atoms with Gasteiger partial charge in [0.2, 0.25) is 17.7 Å². The summed E-state index contributed by atoms with van der Waals surface area (Å²) in [5, 5.41) is 20.5. The number of carbonyl (C=O) groups is 5. The molecule has 0 spiro atoms. The van der Waals surface area contributed by atoms with Crippen LogP contribution >= 0.6 is 0 Å². The predicted octanol–water partition coefficient (Wildman–Crippen LogP) is 2.26. The molecule has 2 aromatic carbocycles. The lowest BCUT2D eigenvalue weighted by Gasteiger charge is -2.25. The van der Waals surface area contributed by atoms with Gasteiger partial charge in [-0.3, -0.25) is 19.2 Å². The van der Waals surface area contributed by atoms with Crippen molar-refractivity contribution in [1.29, 1.82) is 0 Å². The first-order valence-corrected chi connectivity index (χ1v) is 16.3. The zero-order valence-corrected chi connectivity index (χ0v) is 28.0. The molecular formula is C35H41N7O9. The summed E-state index contributed by atoms with van der Waals surface area (Å²) < 4.78 is 10.6. The van der Waals surface area contributed by atoms with Gasteiger partial charge in [-0.1, -0.05) is 30.3 Å². The molecule has 4 amide bonds. The van der Waals surface area contributed by atoms with E-state index in [-0.39, 0.29) is 31.5 Å². The number of carboxylic acid groups (broad SMARTS) is 1. The van der Waals surface area contributed by atoms with Crippen LogP contribution < -0.4 is 32.6 Å². The van der Waals surface area contributed by atoms with Crippen LogP contribution in [0.4, 0.5) is 10.5 Å². The molecule has 0 radical (unpaired) electrons. The van der Waals surface area contributed by atoms with Crippen molar-refractivity contribution in [2.75, 3.05) is 11.9 Å². The number of ether oxygens (including phenoxy) is 1. The molecule has 16 heteroatoms. The van der Waals surface area contributed by atoms with Crippen LogP contribution in [0.5, 0.6) is 0 Å². The Morgan fingerprint density at radius 1 is 0.922 bits per heavy atom. The third kappa shape index (κ3) is 11.8. The van der Waals surface area contributed by atoms with Crippen LogP contribution in [0.25, 0.3) is 11.0 Å². The summed E-state index contributed by atoms with van der Waals surface area (Å²) in [6.07, 6.45) is 2.29. The lowest BCUT2D eigenvalue weighted by Crippen LogP contribution is -2.56. The van der Waals surface area contributed by atoms with E-state index >= 15 is 0 Å². The fourth-order valence-electron chi connectivity index (χ4n) is 5.21. The molecule has 0 aliphatic heterocycles. The van der Waals surface area contributed by atoms with Crippen molar-refractivity contribution in [1.82, 2.24) is 25.9 Å². The number of fused-ring (bicyclic) bond motifs is 1. The van der Waals surface area contributed by atoms with Crippen LogP contribution in [0.1, 0.15) is 48.9 Å². The maximum absolute atomic E-state index is 13.7. The van der Waals surface area contributed by atoms with E-state index < -0.39 is 60.0 Å². The number of aromatic nitrogens is 2. The van der Waals surface area contributed by atoms with Gasteiger partial charge in [-0.2, -0.15) is 0 Å². The van der Waals surface area contributed by atoms with E-state index in [1.54, 1.807) is 43.3 Å². The zero-order valence-electron chi connectivity index (χ0n) is 28.0. The lowest BCUT2D eigenvalue weighted by atomic mass is 10.0. The molecule has 2 aromatic heterocycles. The topological polar surface area (TPSA) is 248 Å². The van der Waals surface area contributed by atoms with Crippen molar-refractivity contribution >= 4 is 46.4 Å². The predicted molar refractivity (Wildman–Crippen MR) is 185 cm³/mol. The first-order valence-electron chi connectivity index (χ1n) is 16.3. The fourth-order valence-corrected chi connectivity index (χ4v) is 5.21. The average Bonchev–Trinajstić information content (AvgIpc) is 3.61. The van der Waals surface area contributed by atoms with Gasteiger partial charge >= 0.3 is 17.7 Å². The number of imidazole rings is 1. The second-order valence-electron chi connectivity index (χ2n) is 11.8. The van der Waals surface area contributed by atoms with Crippen LogP contribution in [-0.4, -0.2) is 69.5 Å². The van der Waals surface area contributed by atoms with Crippen LogP contribution in [0.15, 0.2) is 76.3 Å². The number of rotatable bonds is 18. The number of aromatic amines is 1. The number of nitrogens with two attached hydrogens (primary N) is 1. The van der Waals surface area contributed by atoms with Gasteiger partial charge in [-0.05, 0) is 62.4 Å². The summed E-state index contributed by atoms with van der Waals surface area (Å²) in [6.45, 7) is 2.05. The highest BCUT2D eigenvalue weighted by molar-refractivity contribution is 6.00. The maximum Gasteiger partial charge on any atom is 0.408 e. The van der Waals surface area contributed by atoms with Crippen molar-refractivity contribution in [3.05, 3.63) is 94.4 Å². The van der Waals surface area contributed by atoms with Crippen molar-refractivity contribution in [2.45, 2.75) is 70.2 Å². The summed E-state index contributed by atoms with van der Waals surface area (Å²) >= 11 is 0. The first-order chi connectivity index (χ1) is 24.5. The molecular weight excluding hydrogens is 662 g/mol. The largest absolute Gasteiger partial charge is 0.481 e. The minimum absolute atomic E-state index is 0.0599. The van der Waals surface area contributed by atoms with E-state index in [2.05, 4.69) is 31.2 Å². The van der Waals surface area contributed by atoms with Crippen molar-refractivity contribution in [2.24, 2.45) is 5.73 Å². The van der Waals surface area contributed by atoms with Crippen LogP contribution in [0, 0.1) is 6.92 Å². The molecule has 0 saturated heterocycles. The number of unbranched alkanes of at least 4 members (excludes halogenated alkanes) is 1. The molecule has 0 fully saturated rings. The Kier molecular flexibility index (Phi) is 13.8. The van der Waals surface area contributed by atoms with Gasteiger partial charge in [0.05, 0.1) is 6.33 Å². The van der Waals surface area contributed by atoms with Gasteiger partial charge in [0.1, 0.15) is 30.3 Å². The number of anilines is 1. The molecule has 2 heterocycles. The quantitative estimate of drug-likeness (QED) is 0.0585. The number of nitrogens with zero attached hydrogens (tertiary/aromatic N) is 1. The third-order valence-electron chi connectivity index (χ3n) is 7.88. The van der Waals surface area contributed by atoms with Crippen molar-refractivity contribution < 1.29 is 38.2 Å². The number of H-pyrrole nitrogens is 1. The molecule has 16 nitrogen and oxygen atoms in total. The van der Waals surface area contributed by atoms with Gasteiger partial charge in [-0.25, -0.2) is 14.6 Å². The number of hydrogen-bond acceptors (Lipinski definition) is 10. The Balaban J connectivity index is 1.49. The molecule has 3 atom stereocenters. The minimum atomic E-state index is -1.40. The van der Waals surface area contributed by atoms with E-state index in [9.17, 15) is 33.9 Å². The normalized spacial score (nSPS) is 12.7. The van der Waals surface area contributed by atoms with E-state index in [4.69, 9.17) is 14.9 Å². The standard InChI is InChI=1S/C35H41N7O9/c1-21-15-31(45)51-29-17-23(10-11-25(21)29)39-32(46)26(9-5-6-14-36)40-33(47)27(12-13-30(43)44)41-34(48)28(16-24-18-37-20-38-24)42-35(49)50-19-22-7-3-2-4-8-22/h2-4,7-8,10-11,15,17-18,20,26-28H,5-6,9,12-14,16,19,36H2,1H3,(H,37,38)(H,39,46)(H,40,47)(H,41,48)(H,42,49)(H,43,44). The van der Waals surface area contributed by atoms with Crippen molar-refractivity contribution in [3.8, 4) is 0 Å². The Labute approximate surface area is 292 Å². The highest BCUT2D eigenvalue weighted by atomic mass is 16.5. The summed E-state index contributed by atoms with van der Waals surface area (Å²) in [7, 11) is 0. The highest BCUT2D eigenvalue weighted by Gasteiger charge is 2.31. The van der Waals surface area contributed by atoms with Gasteiger partial charge in [0, 0.05) is 47.9 Å². The maximum atomic E-state index is 13.7. The Bertz CT molecular complexity index is 1860. The molecule has 0 aliphatic carbocycles. The minimum Gasteiger partial charge on any atom is -0.481 e. The fraction of sp³-hybridized carbons (Fsp3) is 0.343. The number of benzene rings is 2. The third-order valence-corrected chi connectivity index (χ3v) is 7.88. The number of amides is 4. The van der Waals surface area contributed by atoms with Crippen LogP contribution in [0.3, 0.4) is 0 Å². The molecule has 0 saturated carbocycles. The molecule has 0 aliphatic rings. The summed E-state index contributed by atoms with van der Waals surface area (Å²) in [6, 6.07) is 11.3. The number of hydrogen-bond donors (Lipinski definition) is 7. The Hall–Kier alpha value is -6.03. The van der Waals surface area contributed by atoms with E-state index in [0.717, 1.165) is 5.56 Å². The number of carbonyl (C=O) groups excluding carboxylic acids is 4. The van der Waals surface area contributed by atoms with E-state index in [1.807, 2.05) is 6.07 Å². The highest BCUT2D eigenvalue weighted by Crippen LogP contribution is 2.21. The number of carboxylic acids is 1. The molecule has 3 unspecified atom stereocenters. The average molecular weight is 704 g/mol. The molecule has 51 heavy (non-hydrogen) atoms. The summed E-state index contributed by atoms with van der Waals surface area (Å²) in [5.74, 6) is -3.43. The number of aliphatic carboxylic acids is 1. The zero-order chi connectivity index (χ0) is 36.8. The summed E-state index contributed by atoms with van der Waals surface area (Å²) in [5.41, 5.74) is 7.59. The van der Waals surface area contributed by atoms with Gasteiger partial charge in [0.25, 0.3) is 0 Å². The second kappa shape index (κ2) is 18.7. The van der Waals surface area contributed by atoms with Gasteiger partial charge < -0.3 is 46.2 Å². The van der Waals surface area contributed by atoms with Gasteiger partial charge in [0.15, 0.2) is 0 Å². The Morgan fingerprint density at radius 2 is 1.65 bits per heavy atom. The lowest BCUT2D eigenvalue weighted by molar-refractivity contribution is -0.138. The van der Waals surface area contributed by atoms with Crippen LogP contribution in [0.2, 0.25) is 0 Å². The van der Waals surface area contributed by atoms with Crippen LogP contribution in [-0.2, 0) is 36.9 Å². The Morgan fingerprint density at radius 3 is 2.33 bits per heavy atom. The molecule has 4 rings (SSSR count). The van der Waals surface area contributed by atoms with E-state index in [0.29, 0.717) is 41.7 Å². The molecule has 0 bridgehead atoms. The second-order valence-corrected chi connectivity index (χ2v) is 11.8. The molecule has 8 N–H and O–H groups in total. The van der Waals surface area contributed by atoms with E-state index in [1.165, 1.54) is 24.7 Å².